The summed E-state index contributed by atoms with van der Waals surface area (Å²) in [5, 5.41) is 2.85. The zero-order valence-corrected chi connectivity index (χ0v) is 33.0. The molecule has 0 aromatic heterocycles. The SMILES string of the molecule is CCC(C)C(C(CC(=O)N1CCCC1C(OC)C(C)C(C)=O)OC)N(C)C(=O)CNC(=O)C(C(C)C)N(C)CCOCCOCCOCCON. The van der Waals surface area contributed by atoms with Gasteiger partial charge in [0.25, 0.3) is 0 Å². The van der Waals surface area contributed by atoms with Gasteiger partial charge in [-0.3, -0.25) is 24.1 Å². The number of carbonyl (C=O) groups excluding carboxylic acids is 4. The van der Waals surface area contributed by atoms with E-state index in [-0.39, 0.29) is 60.3 Å². The number of Topliss-reactive ketones (excluding diaryl/α,β-unsaturated/α-hetero) is 1. The fourth-order valence-corrected chi connectivity index (χ4v) is 6.81. The van der Waals surface area contributed by atoms with Crippen LogP contribution in [0, 0.1) is 17.8 Å². The Morgan fingerprint density at radius 3 is 2.00 bits per heavy atom. The number of rotatable bonds is 28. The normalized spacial score (nSPS) is 18.4. The van der Waals surface area contributed by atoms with Crippen LogP contribution in [0.4, 0.5) is 0 Å². The summed E-state index contributed by atoms with van der Waals surface area (Å²) in [5.41, 5.74) is 0. The van der Waals surface area contributed by atoms with Crippen LogP contribution in [0.25, 0.3) is 0 Å². The van der Waals surface area contributed by atoms with E-state index in [0.29, 0.717) is 59.3 Å². The molecule has 3 amide bonds. The van der Waals surface area contributed by atoms with Gasteiger partial charge in [-0.2, -0.15) is 0 Å². The molecule has 298 valence electrons. The number of nitrogens with two attached hydrogens (primary N) is 1. The number of ether oxygens (including phenoxy) is 5. The molecule has 51 heavy (non-hydrogen) atoms. The number of hydrogen-bond donors (Lipinski definition) is 2. The van der Waals surface area contributed by atoms with Crippen molar-refractivity contribution < 1.29 is 47.7 Å². The highest BCUT2D eigenvalue weighted by Gasteiger charge is 2.41. The Labute approximate surface area is 306 Å². The largest absolute Gasteiger partial charge is 0.379 e. The summed E-state index contributed by atoms with van der Waals surface area (Å²) in [7, 11) is 6.70. The molecule has 3 N–H and O–H groups in total. The first kappa shape index (κ1) is 46.8. The second-order valence-corrected chi connectivity index (χ2v) is 13.9. The Morgan fingerprint density at radius 1 is 0.902 bits per heavy atom. The lowest BCUT2D eigenvalue weighted by molar-refractivity contribution is -0.145. The van der Waals surface area contributed by atoms with Crippen LogP contribution >= 0.6 is 0 Å². The zero-order valence-electron chi connectivity index (χ0n) is 33.0. The highest BCUT2D eigenvalue weighted by molar-refractivity contribution is 5.87. The van der Waals surface area contributed by atoms with Gasteiger partial charge in [0.05, 0.1) is 89.5 Å². The molecule has 0 aliphatic carbocycles. The van der Waals surface area contributed by atoms with E-state index in [9.17, 15) is 19.2 Å². The summed E-state index contributed by atoms with van der Waals surface area (Å²) in [4.78, 5) is 62.7. The maximum Gasteiger partial charge on any atom is 0.242 e. The molecular weight excluding hydrogens is 662 g/mol. The van der Waals surface area contributed by atoms with Crippen molar-refractivity contribution in [2.24, 2.45) is 23.7 Å². The summed E-state index contributed by atoms with van der Waals surface area (Å²) < 4.78 is 28.1. The molecule has 0 radical (unpaired) electrons. The zero-order chi connectivity index (χ0) is 38.5. The van der Waals surface area contributed by atoms with E-state index in [1.807, 2.05) is 51.5 Å². The minimum Gasteiger partial charge on any atom is -0.379 e. The van der Waals surface area contributed by atoms with Gasteiger partial charge in [-0.05, 0) is 38.6 Å². The lowest BCUT2D eigenvalue weighted by Gasteiger charge is -2.39. The molecule has 15 nitrogen and oxygen atoms in total. The maximum absolute atomic E-state index is 13.8. The number of carbonyl (C=O) groups is 4. The number of ketones is 1. The second kappa shape index (κ2) is 25.7. The predicted molar refractivity (Wildman–Crippen MR) is 194 cm³/mol. The fraction of sp³-hybridized carbons (Fsp3) is 0.889. The van der Waals surface area contributed by atoms with Crippen LogP contribution in [-0.2, 0) is 47.7 Å². The van der Waals surface area contributed by atoms with Crippen molar-refractivity contribution in [3.05, 3.63) is 0 Å². The van der Waals surface area contributed by atoms with Crippen molar-refractivity contribution in [3.8, 4) is 0 Å². The topological polar surface area (TPSA) is 171 Å². The molecule has 1 rings (SSSR count). The number of amides is 3. The summed E-state index contributed by atoms with van der Waals surface area (Å²) >= 11 is 0. The Morgan fingerprint density at radius 2 is 1.49 bits per heavy atom. The summed E-state index contributed by atoms with van der Waals surface area (Å²) in [5.74, 6) is 4.00. The highest BCUT2D eigenvalue weighted by Crippen LogP contribution is 2.29. The van der Waals surface area contributed by atoms with E-state index in [1.54, 1.807) is 33.1 Å². The quantitative estimate of drug-likeness (QED) is 0.0880. The van der Waals surface area contributed by atoms with Crippen LogP contribution in [0.1, 0.15) is 67.2 Å². The molecule has 1 heterocycles. The first-order valence-electron chi connectivity index (χ1n) is 18.4. The average molecular weight is 732 g/mol. The molecule has 7 atom stereocenters. The molecule has 1 saturated heterocycles. The van der Waals surface area contributed by atoms with Gasteiger partial charge in [-0.25, -0.2) is 5.90 Å². The minimum atomic E-state index is -0.575. The van der Waals surface area contributed by atoms with Crippen LogP contribution in [0.5, 0.6) is 0 Å². The first-order valence-corrected chi connectivity index (χ1v) is 18.4. The van der Waals surface area contributed by atoms with E-state index in [2.05, 4.69) is 10.2 Å². The van der Waals surface area contributed by atoms with Gasteiger partial charge in [0.1, 0.15) is 5.78 Å². The second-order valence-electron chi connectivity index (χ2n) is 13.9. The number of nitrogens with one attached hydrogen (secondary N) is 1. The maximum atomic E-state index is 13.8. The lowest BCUT2D eigenvalue weighted by Crippen LogP contribution is -2.55. The number of methoxy groups -OCH3 is 2. The highest BCUT2D eigenvalue weighted by atomic mass is 16.6. The van der Waals surface area contributed by atoms with Crippen molar-refractivity contribution in [3.63, 3.8) is 0 Å². The van der Waals surface area contributed by atoms with Gasteiger partial charge in [0, 0.05) is 40.3 Å². The van der Waals surface area contributed by atoms with Crippen molar-refractivity contribution in [1.29, 1.82) is 0 Å². The van der Waals surface area contributed by atoms with Crippen LogP contribution in [0.2, 0.25) is 0 Å². The third-order valence-electron chi connectivity index (χ3n) is 10.00. The Hall–Kier alpha value is -2.24. The van der Waals surface area contributed by atoms with Crippen molar-refractivity contribution in [2.45, 2.75) is 97.6 Å². The third kappa shape index (κ3) is 15.7. The summed E-state index contributed by atoms with van der Waals surface area (Å²) in [6.07, 6.45) is 1.44. The molecule has 0 aromatic carbocycles. The monoisotopic (exact) mass is 732 g/mol. The predicted octanol–water partition coefficient (Wildman–Crippen LogP) is 1.51. The summed E-state index contributed by atoms with van der Waals surface area (Å²) in [6, 6.07) is -1.09. The average Bonchev–Trinajstić information content (AvgIpc) is 3.58. The van der Waals surface area contributed by atoms with Crippen LogP contribution < -0.4 is 11.2 Å². The third-order valence-corrected chi connectivity index (χ3v) is 10.00. The fourth-order valence-electron chi connectivity index (χ4n) is 6.81. The number of hydrogen-bond acceptors (Lipinski definition) is 12. The Kier molecular flexibility index (Phi) is 23.6. The van der Waals surface area contributed by atoms with Crippen LogP contribution in [0.15, 0.2) is 0 Å². The minimum absolute atomic E-state index is 0.0101. The molecule has 1 fully saturated rings. The number of nitrogens with zero attached hydrogens (tertiary/aromatic N) is 3. The number of likely N-dealkylation sites (tertiary alicyclic amines) is 1. The molecule has 0 bridgehead atoms. The first-order chi connectivity index (χ1) is 24.3. The van der Waals surface area contributed by atoms with E-state index in [1.165, 1.54) is 0 Å². The molecular formula is C36H69N5O10. The van der Waals surface area contributed by atoms with Gasteiger partial charge in [0.15, 0.2) is 0 Å². The summed E-state index contributed by atoms with van der Waals surface area (Å²) in [6.45, 7) is 15.2. The molecule has 15 heteroatoms. The lowest BCUT2D eigenvalue weighted by atomic mass is 9.90. The smallest absolute Gasteiger partial charge is 0.242 e. The number of likely N-dealkylation sites (N-methyl/N-ethyl adjacent to an activating group) is 2. The van der Waals surface area contributed by atoms with Crippen molar-refractivity contribution >= 4 is 23.5 Å². The molecule has 0 aromatic rings. The van der Waals surface area contributed by atoms with E-state index in [4.69, 9.17) is 29.6 Å². The molecule has 1 aliphatic rings. The van der Waals surface area contributed by atoms with Gasteiger partial charge in [-0.1, -0.05) is 41.0 Å². The van der Waals surface area contributed by atoms with Gasteiger partial charge in [0.2, 0.25) is 17.7 Å². The van der Waals surface area contributed by atoms with Crippen molar-refractivity contribution in [2.75, 3.05) is 94.2 Å². The van der Waals surface area contributed by atoms with Gasteiger partial charge >= 0.3 is 0 Å². The Bertz CT molecular complexity index is 1020. The van der Waals surface area contributed by atoms with E-state index >= 15 is 0 Å². The Balaban J connectivity index is 2.78. The van der Waals surface area contributed by atoms with Crippen LogP contribution in [0.3, 0.4) is 0 Å². The molecule has 7 unspecified atom stereocenters. The van der Waals surface area contributed by atoms with Gasteiger partial charge < -0.3 is 43.6 Å². The standard InChI is InChI=1S/C36H69N5O10/c1-11-26(4)34(30(46-9)23-31(43)41-14-12-13-29(41)35(47-10)27(5)28(6)42)40(8)32(44)24-38-36(45)33(25(2)3)39(7)15-16-48-17-18-49-19-20-50-21-22-51-37/h25-27,29-30,33-35H,11-24,37H2,1-10H3,(H,38,45). The van der Waals surface area contributed by atoms with Crippen molar-refractivity contribution in [1.82, 2.24) is 20.0 Å². The molecule has 0 saturated carbocycles. The van der Waals surface area contributed by atoms with Crippen LogP contribution in [-0.4, -0.2) is 163 Å². The van der Waals surface area contributed by atoms with E-state index < -0.39 is 24.3 Å². The van der Waals surface area contributed by atoms with Gasteiger partial charge in [-0.15, -0.1) is 0 Å². The van der Waals surface area contributed by atoms with E-state index in [0.717, 1.165) is 19.3 Å². The molecule has 0 spiro atoms. The molecule has 1 aliphatic heterocycles.